The van der Waals surface area contributed by atoms with Gasteiger partial charge in [-0.05, 0) is 76.0 Å². The summed E-state index contributed by atoms with van der Waals surface area (Å²) < 4.78 is 4.82. The number of hydrogen-bond acceptors (Lipinski definition) is 6. The standard InChI is InChI=1S/C22H29N5O3S/c1-13-6-7-18(12-14(13)2)27-20(28)19(16(4)25-27)15(3)23-24-22(31)26-10-8-17(9-11-26)21(29)30-5/h6-7,12,17,23H,8-11H2,1-5H3,(H,24,31)/b19-15-. The van der Waals surface area contributed by atoms with Crippen LogP contribution < -0.4 is 15.9 Å². The Balaban J connectivity index is 1.62. The summed E-state index contributed by atoms with van der Waals surface area (Å²) in [4.78, 5) is 26.7. The Kier molecular flexibility index (Phi) is 6.94. The van der Waals surface area contributed by atoms with Crippen molar-refractivity contribution in [3.63, 3.8) is 0 Å². The van der Waals surface area contributed by atoms with Crippen LogP contribution in [0, 0.1) is 19.8 Å². The van der Waals surface area contributed by atoms with Gasteiger partial charge in [-0.2, -0.15) is 10.1 Å². The zero-order chi connectivity index (χ0) is 22.7. The van der Waals surface area contributed by atoms with Crippen LogP contribution in [-0.4, -0.2) is 47.8 Å². The third-order valence-electron chi connectivity index (χ3n) is 5.80. The minimum absolute atomic E-state index is 0.0766. The Hall–Kier alpha value is -2.94. The maximum absolute atomic E-state index is 13.0. The number of allylic oxidation sites excluding steroid dienone is 1. The second-order valence-electron chi connectivity index (χ2n) is 7.91. The van der Waals surface area contributed by atoms with Crippen molar-refractivity contribution in [1.29, 1.82) is 0 Å². The molecule has 0 aromatic heterocycles. The number of nitrogens with zero attached hydrogens (tertiary/aromatic N) is 3. The maximum Gasteiger partial charge on any atom is 0.308 e. The summed E-state index contributed by atoms with van der Waals surface area (Å²) in [5, 5.41) is 6.40. The molecule has 0 atom stereocenters. The normalized spacial score (nSPS) is 18.6. The second kappa shape index (κ2) is 9.47. The zero-order valence-corrected chi connectivity index (χ0v) is 19.4. The van der Waals surface area contributed by atoms with Crippen LogP contribution >= 0.6 is 12.2 Å². The van der Waals surface area contributed by atoms with Gasteiger partial charge in [0.2, 0.25) is 0 Å². The Morgan fingerprint density at radius 1 is 1.16 bits per heavy atom. The molecule has 0 aliphatic carbocycles. The van der Waals surface area contributed by atoms with E-state index >= 15 is 0 Å². The van der Waals surface area contributed by atoms with Crippen LogP contribution in [-0.2, 0) is 14.3 Å². The smallest absolute Gasteiger partial charge is 0.308 e. The molecule has 0 unspecified atom stereocenters. The number of hydrazone groups is 1. The van der Waals surface area contributed by atoms with Gasteiger partial charge in [0.15, 0.2) is 5.11 Å². The first-order valence-corrected chi connectivity index (χ1v) is 10.7. The fourth-order valence-corrected chi connectivity index (χ4v) is 3.98. The first kappa shape index (κ1) is 22.7. The maximum atomic E-state index is 13.0. The van der Waals surface area contributed by atoms with Gasteiger partial charge in [0, 0.05) is 18.8 Å². The third-order valence-corrected chi connectivity index (χ3v) is 6.16. The van der Waals surface area contributed by atoms with E-state index in [0.717, 1.165) is 16.8 Å². The quantitative estimate of drug-likeness (QED) is 0.320. The molecule has 0 spiro atoms. The molecule has 1 aromatic carbocycles. The summed E-state index contributed by atoms with van der Waals surface area (Å²) in [7, 11) is 1.41. The molecule has 0 radical (unpaired) electrons. The molecular formula is C22H29N5O3S. The van der Waals surface area contributed by atoms with Gasteiger partial charge in [0.1, 0.15) is 0 Å². The molecule has 1 aromatic rings. The highest BCUT2D eigenvalue weighted by molar-refractivity contribution is 7.80. The number of benzene rings is 1. The Bertz CT molecular complexity index is 964. The van der Waals surface area contributed by atoms with Gasteiger partial charge in [-0.1, -0.05) is 6.07 Å². The molecule has 2 N–H and O–H groups in total. The zero-order valence-electron chi connectivity index (χ0n) is 18.6. The lowest BCUT2D eigenvalue weighted by Crippen LogP contribution is -2.49. The van der Waals surface area contributed by atoms with Gasteiger partial charge in [0.25, 0.3) is 5.91 Å². The molecule has 2 aliphatic heterocycles. The number of esters is 1. The number of nitrogens with one attached hydrogen (secondary N) is 2. The molecule has 1 amide bonds. The number of piperidine rings is 1. The molecular weight excluding hydrogens is 414 g/mol. The molecule has 0 saturated carbocycles. The number of carbonyl (C=O) groups is 2. The Labute approximate surface area is 188 Å². The molecule has 1 fully saturated rings. The van der Waals surface area contributed by atoms with Crippen molar-refractivity contribution in [3.8, 4) is 0 Å². The number of hydrazine groups is 1. The molecule has 1 saturated heterocycles. The van der Waals surface area contributed by atoms with Crippen LogP contribution in [0.2, 0.25) is 0 Å². The van der Waals surface area contributed by atoms with E-state index in [2.05, 4.69) is 16.0 Å². The topological polar surface area (TPSA) is 86.3 Å². The fraction of sp³-hybridized carbons (Fsp3) is 0.455. The second-order valence-corrected chi connectivity index (χ2v) is 8.30. The molecule has 8 nitrogen and oxygen atoms in total. The molecule has 2 aliphatic rings. The van der Waals surface area contributed by atoms with Gasteiger partial charge in [0.05, 0.1) is 30.0 Å². The van der Waals surface area contributed by atoms with Crippen LogP contribution in [0.3, 0.4) is 0 Å². The Morgan fingerprint density at radius 2 is 1.84 bits per heavy atom. The number of ether oxygens (including phenoxy) is 1. The van der Waals surface area contributed by atoms with Gasteiger partial charge < -0.3 is 15.1 Å². The van der Waals surface area contributed by atoms with Crippen molar-refractivity contribution in [3.05, 3.63) is 40.6 Å². The van der Waals surface area contributed by atoms with E-state index in [1.807, 2.05) is 50.8 Å². The Morgan fingerprint density at radius 3 is 2.45 bits per heavy atom. The predicted octanol–water partition coefficient (Wildman–Crippen LogP) is 2.56. The minimum atomic E-state index is -0.183. The summed E-state index contributed by atoms with van der Waals surface area (Å²) in [6, 6.07) is 5.84. The van der Waals surface area contributed by atoms with Crippen molar-refractivity contribution in [1.82, 2.24) is 15.8 Å². The predicted molar refractivity (Wildman–Crippen MR) is 124 cm³/mol. The van der Waals surface area contributed by atoms with E-state index in [0.29, 0.717) is 48.0 Å². The number of methoxy groups -OCH3 is 1. The summed E-state index contributed by atoms with van der Waals surface area (Å²) in [5.74, 6) is -0.426. The fourth-order valence-electron chi connectivity index (χ4n) is 3.74. The van der Waals surface area contributed by atoms with Crippen LogP contribution in [0.4, 0.5) is 5.69 Å². The number of rotatable bonds is 4. The largest absolute Gasteiger partial charge is 0.469 e. The SMILES string of the molecule is COC(=O)C1CCN(C(=S)NN/C(C)=C2\C(=O)N(c3ccc(C)c(C)c3)N=C2C)CC1. The summed E-state index contributed by atoms with van der Waals surface area (Å²) in [6.07, 6.45) is 1.40. The van der Waals surface area contributed by atoms with E-state index in [4.69, 9.17) is 17.0 Å². The number of carbonyl (C=O) groups excluding carboxylic acids is 2. The lowest BCUT2D eigenvalue weighted by Gasteiger charge is -2.32. The van der Waals surface area contributed by atoms with Gasteiger partial charge >= 0.3 is 5.97 Å². The number of aryl methyl sites for hydroxylation is 2. The number of anilines is 1. The van der Waals surface area contributed by atoms with E-state index in [-0.39, 0.29) is 17.8 Å². The average molecular weight is 444 g/mol. The number of likely N-dealkylation sites (tertiary alicyclic amines) is 1. The lowest BCUT2D eigenvalue weighted by molar-refractivity contribution is -0.146. The third kappa shape index (κ3) is 4.87. The van der Waals surface area contributed by atoms with Crippen molar-refractivity contribution >= 4 is 40.6 Å². The van der Waals surface area contributed by atoms with Crippen LogP contribution in [0.5, 0.6) is 0 Å². The molecule has 9 heteroatoms. The van der Waals surface area contributed by atoms with E-state index in [9.17, 15) is 9.59 Å². The highest BCUT2D eigenvalue weighted by Crippen LogP contribution is 2.26. The number of thiocarbonyl (C=S) groups is 1. The van der Waals surface area contributed by atoms with Crippen molar-refractivity contribution in [2.75, 3.05) is 25.2 Å². The number of amides is 1. The van der Waals surface area contributed by atoms with Crippen molar-refractivity contribution in [2.45, 2.75) is 40.5 Å². The first-order chi connectivity index (χ1) is 14.7. The van der Waals surface area contributed by atoms with E-state index < -0.39 is 0 Å². The number of hydrogen-bond donors (Lipinski definition) is 2. The van der Waals surface area contributed by atoms with E-state index in [1.165, 1.54) is 12.1 Å². The summed E-state index contributed by atoms with van der Waals surface area (Å²) in [5.41, 5.74) is 10.9. The van der Waals surface area contributed by atoms with Gasteiger partial charge in [-0.15, -0.1) is 0 Å². The molecule has 166 valence electrons. The van der Waals surface area contributed by atoms with Crippen LogP contribution in [0.1, 0.15) is 37.8 Å². The highest BCUT2D eigenvalue weighted by Gasteiger charge is 2.31. The lowest BCUT2D eigenvalue weighted by atomic mass is 9.97. The van der Waals surface area contributed by atoms with E-state index in [1.54, 1.807) is 0 Å². The minimum Gasteiger partial charge on any atom is -0.469 e. The summed E-state index contributed by atoms with van der Waals surface area (Å²) in [6.45, 7) is 9.01. The van der Waals surface area contributed by atoms with Gasteiger partial charge in [-0.25, -0.2) is 0 Å². The van der Waals surface area contributed by atoms with Gasteiger partial charge in [-0.3, -0.25) is 15.0 Å². The monoisotopic (exact) mass is 443 g/mol. The van der Waals surface area contributed by atoms with Crippen molar-refractivity contribution < 1.29 is 14.3 Å². The average Bonchev–Trinajstić information content (AvgIpc) is 3.07. The van der Waals surface area contributed by atoms with Crippen molar-refractivity contribution in [2.24, 2.45) is 11.0 Å². The van der Waals surface area contributed by atoms with Crippen LogP contribution in [0.15, 0.2) is 34.6 Å². The first-order valence-electron chi connectivity index (χ1n) is 10.3. The molecule has 0 bridgehead atoms. The molecule has 31 heavy (non-hydrogen) atoms. The van der Waals surface area contributed by atoms with Crippen LogP contribution in [0.25, 0.3) is 0 Å². The summed E-state index contributed by atoms with van der Waals surface area (Å²) >= 11 is 5.47. The molecule has 2 heterocycles. The molecule has 3 rings (SSSR count). The highest BCUT2D eigenvalue weighted by atomic mass is 32.1.